The Bertz CT molecular complexity index is 840. The molecule has 0 aliphatic carbocycles. The Morgan fingerprint density at radius 3 is 2.65 bits per heavy atom. The summed E-state index contributed by atoms with van der Waals surface area (Å²) < 4.78 is 7.39. The van der Waals surface area contributed by atoms with Gasteiger partial charge in [0.05, 0.1) is 14.0 Å². The summed E-state index contributed by atoms with van der Waals surface area (Å²) in [6.07, 6.45) is 0. The molecule has 2 heterocycles. The summed E-state index contributed by atoms with van der Waals surface area (Å²) in [5.74, 6) is 0.204. The molecule has 0 amide bonds. The third-order valence-corrected chi connectivity index (χ3v) is 6.05. The molecule has 120 valence electrons. The highest BCUT2D eigenvalue weighted by atomic mass is 79.9. The van der Waals surface area contributed by atoms with Crippen molar-refractivity contribution in [2.75, 3.05) is 18.0 Å². The topological polar surface area (TPSA) is 42.4 Å². The number of esters is 1. The van der Waals surface area contributed by atoms with Crippen molar-refractivity contribution in [3.63, 3.8) is 0 Å². The number of thiophene rings is 1. The van der Waals surface area contributed by atoms with E-state index in [2.05, 4.69) is 39.7 Å². The standard InChI is InChI=1S/C16H15BrN2O2S2/c1-3-19(4-2)16-18-11-6-5-10(9-13(11)23-16)21-15(20)12-7-8-14(17)22-12/h5-9H,3-4H2,1-2H3. The molecule has 0 spiro atoms. The van der Waals surface area contributed by atoms with E-state index in [1.807, 2.05) is 18.2 Å². The number of fused-ring (bicyclic) bond motifs is 1. The predicted octanol–water partition coefficient (Wildman–Crippen LogP) is 5.19. The number of hydrogen-bond acceptors (Lipinski definition) is 6. The number of hydrogen-bond donors (Lipinski definition) is 0. The zero-order chi connectivity index (χ0) is 16.4. The van der Waals surface area contributed by atoms with Gasteiger partial charge in [-0.15, -0.1) is 11.3 Å². The molecule has 4 nitrogen and oxygen atoms in total. The number of nitrogens with zero attached hydrogens (tertiary/aromatic N) is 2. The van der Waals surface area contributed by atoms with Gasteiger partial charge < -0.3 is 9.64 Å². The lowest BCUT2D eigenvalue weighted by Crippen LogP contribution is -2.21. The number of halogens is 1. The lowest BCUT2D eigenvalue weighted by Gasteiger charge is -2.16. The normalized spacial score (nSPS) is 10.9. The molecule has 0 unspecified atom stereocenters. The van der Waals surface area contributed by atoms with Crippen molar-refractivity contribution in [1.82, 2.24) is 4.98 Å². The van der Waals surface area contributed by atoms with E-state index >= 15 is 0 Å². The molecule has 0 radical (unpaired) electrons. The molecule has 0 fully saturated rings. The SMILES string of the molecule is CCN(CC)c1nc2ccc(OC(=O)c3ccc(Br)s3)cc2s1. The average Bonchev–Trinajstić information content (AvgIpc) is 3.14. The monoisotopic (exact) mass is 410 g/mol. The van der Waals surface area contributed by atoms with Crippen LogP contribution in [0.5, 0.6) is 5.75 Å². The molecule has 0 aliphatic rings. The van der Waals surface area contributed by atoms with Gasteiger partial charge in [0.1, 0.15) is 10.6 Å². The molecule has 2 aromatic heterocycles. The number of thiazole rings is 1. The van der Waals surface area contributed by atoms with Gasteiger partial charge in [-0.2, -0.15) is 0 Å². The molecule has 7 heteroatoms. The molecular weight excluding hydrogens is 396 g/mol. The van der Waals surface area contributed by atoms with E-state index in [0.717, 1.165) is 32.2 Å². The quantitative estimate of drug-likeness (QED) is 0.428. The largest absolute Gasteiger partial charge is 0.422 e. The highest BCUT2D eigenvalue weighted by Crippen LogP contribution is 2.32. The summed E-state index contributed by atoms with van der Waals surface area (Å²) >= 11 is 6.32. The first-order valence-electron chi connectivity index (χ1n) is 7.23. The Kier molecular flexibility index (Phi) is 4.99. The van der Waals surface area contributed by atoms with E-state index < -0.39 is 0 Å². The van der Waals surface area contributed by atoms with Gasteiger partial charge in [0.2, 0.25) is 0 Å². The summed E-state index contributed by atoms with van der Waals surface area (Å²) in [7, 11) is 0. The molecule has 1 aromatic carbocycles. The van der Waals surface area contributed by atoms with Crippen molar-refractivity contribution in [3.05, 3.63) is 39.0 Å². The zero-order valence-electron chi connectivity index (χ0n) is 12.7. The average molecular weight is 411 g/mol. The maximum Gasteiger partial charge on any atom is 0.353 e. The number of anilines is 1. The Hall–Kier alpha value is -1.44. The van der Waals surface area contributed by atoms with Gasteiger partial charge >= 0.3 is 5.97 Å². The predicted molar refractivity (Wildman–Crippen MR) is 100 cm³/mol. The first-order chi connectivity index (χ1) is 11.1. The van der Waals surface area contributed by atoms with Crippen molar-refractivity contribution >= 4 is 59.9 Å². The molecule has 0 aliphatic heterocycles. The summed E-state index contributed by atoms with van der Waals surface area (Å²) in [6, 6.07) is 9.14. The van der Waals surface area contributed by atoms with Crippen LogP contribution in [0.2, 0.25) is 0 Å². The fraction of sp³-hybridized carbons (Fsp3) is 0.250. The molecule has 3 aromatic rings. The fourth-order valence-corrected chi connectivity index (χ4v) is 4.55. The summed E-state index contributed by atoms with van der Waals surface area (Å²) in [6.45, 7) is 6.07. The third kappa shape index (κ3) is 3.57. The van der Waals surface area contributed by atoms with Crippen molar-refractivity contribution in [2.24, 2.45) is 0 Å². The van der Waals surface area contributed by atoms with Crippen LogP contribution in [0.3, 0.4) is 0 Å². The molecule has 0 N–H and O–H groups in total. The number of aromatic nitrogens is 1. The zero-order valence-corrected chi connectivity index (χ0v) is 15.9. The van der Waals surface area contributed by atoms with Crippen LogP contribution in [0.1, 0.15) is 23.5 Å². The van der Waals surface area contributed by atoms with E-state index in [-0.39, 0.29) is 5.97 Å². The Balaban J connectivity index is 1.83. The Labute approximate surface area is 150 Å². The Morgan fingerprint density at radius 1 is 1.22 bits per heavy atom. The minimum atomic E-state index is -0.339. The minimum Gasteiger partial charge on any atom is -0.422 e. The second kappa shape index (κ2) is 6.98. The molecule has 0 saturated carbocycles. The van der Waals surface area contributed by atoms with Gasteiger partial charge in [-0.05, 0) is 54.0 Å². The first-order valence-corrected chi connectivity index (χ1v) is 9.66. The van der Waals surface area contributed by atoms with Crippen molar-refractivity contribution in [2.45, 2.75) is 13.8 Å². The van der Waals surface area contributed by atoms with Gasteiger partial charge in [0.15, 0.2) is 5.13 Å². The van der Waals surface area contributed by atoms with Crippen molar-refractivity contribution < 1.29 is 9.53 Å². The fourth-order valence-electron chi connectivity index (χ4n) is 2.17. The second-order valence-corrected chi connectivity index (χ2v) is 8.26. The van der Waals surface area contributed by atoms with Crippen LogP contribution in [-0.2, 0) is 0 Å². The van der Waals surface area contributed by atoms with Crippen LogP contribution in [-0.4, -0.2) is 24.0 Å². The van der Waals surface area contributed by atoms with Gasteiger partial charge in [-0.3, -0.25) is 0 Å². The van der Waals surface area contributed by atoms with E-state index in [4.69, 9.17) is 4.74 Å². The number of ether oxygens (including phenoxy) is 1. The molecule has 0 saturated heterocycles. The van der Waals surface area contributed by atoms with Crippen LogP contribution < -0.4 is 9.64 Å². The smallest absolute Gasteiger partial charge is 0.353 e. The lowest BCUT2D eigenvalue weighted by molar-refractivity contribution is 0.0740. The van der Waals surface area contributed by atoms with Gasteiger partial charge in [0.25, 0.3) is 0 Å². The maximum absolute atomic E-state index is 12.1. The van der Waals surface area contributed by atoms with Crippen LogP contribution in [0.4, 0.5) is 5.13 Å². The van der Waals surface area contributed by atoms with E-state index in [1.165, 1.54) is 11.3 Å². The minimum absolute atomic E-state index is 0.339. The van der Waals surface area contributed by atoms with Crippen LogP contribution in [0.15, 0.2) is 34.1 Å². The summed E-state index contributed by atoms with van der Waals surface area (Å²) in [5.41, 5.74) is 0.926. The lowest BCUT2D eigenvalue weighted by atomic mass is 10.3. The summed E-state index contributed by atoms with van der Waals surface area (Å²) in [4.78, 5) is 19.5. The van der Waals surface area contributed by atoms with Crippen LogP contribution in [0.25, 0.3) is 10.2 Å². The third-order valence-electron chi connectivity index (χ3n) is 3.37. The van der Waals surface area contributed by atoms with E-state index in [1.54, 1.807) is 23.5 Å². The number of carbonyl (C=O) groups excluding carboxylic acids is 1. The first kappa shape index (κ1) is 16.4. The second-order valence-electron chi connectivity index (χ2n) is 4.79. The van der Waals surface area contributed by atoms with Gasteiger partial charge in [0, 0.05) is 19.2 Å². The van der Waals surface area contributed by atoms with E-state index in [9.17, 15) is 4.79 Å². The highest BCUT2D eigenvalue weighted by molar-refractivity contribution is 9.11. The molecule has 23 heavy (non-hydrogen) atoms. The highest BCUT2D eigenvalue weighted by Gasteiger charge is 2.13. The summed E-state index contributed by atoms with van der Waals surface area (Å²) in [5, 5.41) is 0.996. The van der Waals surface area contributed by atoms with Gasteiger partial charge in [-0.1, -0.05) is 11.3 Å². The van der Waals surface area contributed by atoms with Crippen LogP contribution >= 0.6 is 38.6 Å². The molecule has 0 atom stereocenters. The molecule has 0 bridgehead atoms. The number of rotatable bonds is 5. The number of carbonyl (C=O) groups is 1. The van der Waals surface area contributed by atoms with E-state index in [0.29, 0.717) is 10.6 Å². The maximum atomic E-state index is 12.1. The number of benzene rings is 1. The van der Waals surface area contributed by atoms with Gasteiger partial charge in [-0.25, -0.2) is 9.78 Å². The molecular formula is C16H15BrN2O2S2. The van der Waals surface area contributed by atoms with Crippen molar-refractivity contribution in [3.8, 4) is 5.75 Å². The van der Waals surface area contributed by atoms with Crippen LogP contribution in [0, 0.1) is 0 Å². The molecule has 3 rings (SSSR count). The Morgan fingerprint density at radius 2 is 2.00 bits per heavy atom. The van der Waals surface area contributed by atoms with Crippen molar-refractivity contribution in [1.29, 1.82) is 0 Å².